The highest BCUT2D eigenvalue weighted by molar-refractivity contribution is 8.00. The molecule has 5 heterocycles. The monoisotopic (exact) mass is 558 g/mol. The average Bonchev–Trinajstić information content (AvgIpc) is 3.50. The van der Waals surface area contributed by atoms with Crippen LogP contribution in [0, 0.1) is 0 Å². The molecule has 1 saturated heterocycles. The second-order valence-electron chi connectivity index (χ2n) is 8.49. The number of nitrogens with one attached hydrogen (secondary N) is 1. The third kappa shape index (κ3) is 4.38. The van der Waals surface area contributed by atoms with Crippen LogP contribution in [0.5, 0.6) is 0 Å². The van der Waals surface area contributed by atoms with Crippen molar-refractivity contribution in [3.63, 3.8) is 0 Å². The Morgan fingerprint density at radius 2 is 2.18 bits per heavy atom. The first kappa shape index (κ1) is 25.4. The highest BCUT2D eigenvalue weighted by atomic mass is 32.2. The number of amides is 2. The minimum atomic E-state index is -1.47. The van der Waals surface area contributed by atoms with Crippen LogP contribution in [0.1, 0.15) is 5.82 Å². The largest absolute Gasteiger partial charge is 0.543 e. The summed E-state index contributed by atoms with van der Waals surface area (Å²) in [7, 11) is 5.02. The smallest absolute Gasteiger partial charge is 0.307 e. The number of nitrogens with zero attached hydrogens (tertiary/aromatic N) is 8. The molecule has 3 N–H and O–H groups in total. The molecule has 3 aromatic heterocycles. The molecule has 198 valence electrons. The molecule has 38 heavy (non-hydrogen) atoms. The Bertz CT molecular complexity index is 1510. The highest BCUT2D eigenvalue weighted by Gasteiger charge is 2.53. The van der Waals surface area contributed by atoms with E-state index in [2.05, 4.69) is 24.9 Å². The molecule has 2 amide bonds. The van der Waals surface area contributed by atoms with Crippen molar-refractivity contribution in [1.29, 1.82) is 0 Å². The van der Waals surface area contributed by atoms with Crippen LogP contribution in [0.15, 0.2) is 41.0 Å². The Kier molecular flexibility index (Phi) is 6.62. The quantitative estimate of drug-likeness (QED) is 0.130. The van der Waals surface area contributed by atoms with Gasteiger partial charge < -0.3 is 30.7 Å². The Morgan fingerprint density at radius 3 is 2.84 bits per heavy atom. The van der Waals surface area contributed by atoms with E-state index in [1.165, 1.54) is 18.9 Å². The van der Waals surface area contributed by atoms with Gasteiger partial charge in [0, 0.05) is 43.0 Å². The fourth-order valence-corrected chi connectivity index (χ4v) is 5.93. The molecular formula is C21H22N10O5S2. The van der Waals surface area contributed by atoms with Crippen molar-refractivity contribution in [2.24, 2.45) is 5.16 Å². The van der Waals surface area contributed by atoms with Gasteiger partial charge in [-0.1, -0.05) is 14.8 Å². The fourth-order valence-electron chi connectivity index (χ4n) is 4.16. The number of aromatic nitrogens is 5. The lowest BCUT2D eigenvalue weighted by Crippen LogP contribution is -2.71. The lowest BCUT2D eigenvalue weighted by atomic mass is 10.0. The number of carboxylic acids is 1. The average molecular weight is 559 g/mol. The maximum atomic E-state index is 13.1. The number of nitrogen functional groups attached to an aromatic ring is 1. The molecule has 3 aromatic rings. The first-order chi connectivity index (χ1) is 18.2. The topological polar surface area (TPSA) is 187 Å². The van der Waals surface area contributed by atoms with Gasteiger partial charge in [-0.3, -0.25) is 14.5 Å². The maximum absolute atomic E-state index is 13.1. The van der Waals surface area contributed by atoms with Crippen LogP contribution in [-0.4, -0.2) is 85.7 Å². The van der Waals surface area contributed by atoms with E-state index in [0.717, 1.165) is 27.9 Å². The normalized spacial score (nSPS) is 19.3. The van der Waals surface area contributed by atoms with Crippen molar-refractivity contribution >= 4 is 63.4 Å². The van der Waals surface area contributed by atoms with E-state index in [1.807, 2.05) is 35.7 Å². The molecule has 5 rings (SSSR count). The van der Waals surface area contributed by atoms with Crippen LogP contribution in [0.3, 0.4) is 0 Å². The lowest BCUT2D eigenvalue weighted by Gasteiger charge is -2.50. The van der Waals surface area contributed by atoms with Crippen LogP contribution in [-0.2, 0) is 25.8 Å². The summed E-state index contributed by atoms with van der Waals surface area (Å²) in [4.78, 5) is 49.8. The van der Waals surface area contributed by atoms with Crippen molar-refractivity contribution in [3.8, 4) is 0 Å². The Hall–Kier alpha value is -4.25. The SMILES string of the molecule is CO/N=C(\C(=O)N[C@@H]1C(=O)N2C(C(=O)[O-])=C(C[n+]3ccn4nc(N(C)C)ccc43)CS[C@H]12)c1nsc(N)n1. The molecule has 0 aromatic carbocycles. The minimum absolute atomic E-state index is 0.0478. The number of oxime groups is 1. The molecule has 0 saturated carbocycles. The van der Waals surface area contributed by atoms with Crippen molar-refractivity contribution in [2.45, 2.75) is 18.0 Å². The number of hydrogen-bond acceptors (Lipinski definition) is 13. The molecule has 2 aliphatic rings. The van der Waals surface area contributed by atoms with Crippen molar-refractivity contribution < 1.29 is 28.9 Å². The summed E-state index contributed by atoms with van der Waals surface area (Å²) in [6.07, 6.45) is 3.56. The number of imidazole rings is 1. The molecule has 0 aliphatic carbocycles. The van der Waals surface area contributed by atoms with E-state index < -0.39 is 29.2 Å². The summed E-state index contributed by atoms with van der Waals surface area (Å²) < 4.78 is 7.49. The van der Waals surface area contributed by atoms with Gasteiger partial charge in [-0.2, -0.15) is 9.36 Å². The van der Waals surface area contributed by atoms with E-state index in [-0.39, 0.29) is 28.9 Å². The molecule has 15 nitrogen and oxygen atoms in total. The van der Waals surface area contributed by atoms with E-state index >= 15 is 0 Å². The molecule has 0 radical (unpaired) electrons. The van der Waals surface area contributed by atoms with Gasteiger partial charge in [0.05, 0.1) is 11.7 Å². The second-order valence-corrected chi connectivity index (χ2v) is 10.4. The third-order valence-corrected chi connectivity index (χ3v) is 7.79. The number of carbonyl (C=O) groups is 3. The van der Waals surface area contributed by atoms with Gasteiger partial charge in [0.15, 0.2) is 17.1 Å². The molecule has 17 heteroatoms. The standard InChI is InChI=1S/C21H22N10O5S2/c1-28(2)11-4-5-12-29(6-7-30(12)25-11)8-10-9-37-19-14(18(33)31(19)15(10)20(34)35)23-17(32)13(26-36-3)16-24-21(22)38-27-16/h4-7,14,19H,8-9H2,1-3H3,(H3-,22,23,24,27,32,34,35)/b26-13-/t14-,19-/m1/s1. The van der Waals surface area contributed by atoms with Crippen LogP contribution in [0.2, 0.25) is 0 Å². The van der Waals surface area contributed by atoms with E-state index in [9.17, 15) is 19.5 Å². The number of fused-ring (bicyclic) bond motifs is 2. The van der Waals surface area contributed by atoms with E-state index in [4.69, 9.17) is 10.6 Å². The lowest BCUT2D eigenvalue weighted by molar-refractivity contribution is -0.662. The molecular weight excluding hydrogens is 536 g/mol. The second kappa shape index (κ2) is 9.90. The predicted molar refractivity (Wildman–Crippen MR) is 135 cm³/mol. The number of hydrogen-bond donors (Lipinski definition) is 2. The summed E-state index contributed by atoms with van der Waals surface area (Å²) in [6, 6.07) is 2.75. The number of anilines is 2. The summed E-state index contributed by atoms with van der Waals surface area (Å²) in [5.41, 5.74) is 6.38. The fraction of sp³-hybridized carbons (Fsp3) is 0.333. The van der Waals surface area contributed by atoms with Gasteiger partial charge in [0.25, 0.3) is 11.8 Å². The summed E-state index contributed by atoms with van der Waals surface area (Å²) >= 11 is 2.21. The minimum Gasteiger partial charge on any atom is -0.543 e. The third-order valence-electron chi connectivity index (χ3n) is 5.91. The van der Waals surface area contributed by atoms with Crippen LogP contribution in [0.4, 0.5) is 10.9 Å². The first-order valence-corrected chi connectivity index (χ1v) is 13.0. The number of aliphatic carboxylic acids is 1. The zero-order valence-corrected chi connectivity index (χ0v) is 22.0. The zero-order valence-electron chi connectivity index (χ0n) is 20.4. The number of rotatable bonds is 8. The molecule has 0 unspecified atom stereocenters. The number of nitrogens with two attached hydrogens (primary N) is 1. The van der Waals surface area contributed by atoms with Gasteiger partial charge in [0.2, 0.25) is 11.5 Å². The van der Waals surface area contributed by atoms with Crippen molar-refractivity contribution in [1.82, 2.24) is 29.2 Å². The van der Waals surface area contributed by atoms with Gasteiger partial charge in [-0.15, -0.1) is 11.8 Å². The predicted octanol–water partition coefficient (Wildman–Crippen LogP) is -2.42. The van der Waals surface area contributed by atoms with Crippen molar-refractivity contribution in [2.75, 3.05) is 37.6 Å². The molecule has 0 bridgehead atoms. The molecule has 0 spiro atoms. The van der Waals surface area contributed by atoms with Gasteiger partial charge >= 0.3 is 5.65 Å². The maximum Gasteiger partial charge on any atom is 0.307 e. The van der Waals surface area contributed by atoms with E-state index in [0.29, 0.717) is 11.3 Å². The summed E-state index contributed by atoms with van der Waals surface area (Å²) in [5, 5.41) is 22.4. The Morgan fingerprint density at radius 1 is 1.39 bits per heavy atom. The van der Waals surface area contributed by atoms with Crippen LogP contribution < -0.4 is 25.6 Å². The van der Waals surface area contributed by atoms with Gasteiger partial charge in [-0.05, 0) is 6.07 Å². The Balaban J connectivity index is 1.37. The molecule has 2 aliphatic heterocycles. The van der Waals surface area contributed by atoms with E-state index in [1.54, 1.807) is 16.9 Å². The Labute approximate surface area is 223 Å². The summed E-state index contributed by atoms with van der Waals surface area (Å²) in [6.45, 7) is 0.213. The highest BCUT2D eigenvalue weighted by Crippen LogP contribution is 2.40. The van der Waals surface area contributed by atoms with Crippen LogP contribution >= 0.6 is 23.3 Å². The molecule has 1 fully saturated rings. The van der Waals surface area contributed by atoms with Gasteiger partial charge in [-0.25, -0.2) is 4.57 Å². The first-order valence-electron chi connectivity index (χ1n) is 11.1. The summed E-state index contributed by atoms with van der Waals surface area (Å²) in [5.74, 6) is -1.79. The number of carbonyl (C=O) groups excluding carboxylic acids is 3. The zero-order chi connectivity index (χ0) is 27.1. The number of β-lactam (4-membered cyclic amide) rings is 1. The van der Waals surface area contributed by atoms with Gasteiger partial charge in [0.1, 0.15) is 31.3 Å². The van der Waals surface area contributed by atoms with Crippen LogP contribution in [0.25, 0.3) is 5.65 Å². The number of thioether (sulfide) groups is 1. The van der Waals surface area contributed by atoms with Crippen molar-refractivity contribution in [3.05, 3.63) is 41.6 Å². The molecule has 2 atom stereocenters. The number of carboxylic acid groups (broad SMARTS) is 1.